The Kier molecular flexibility index (Phi) is 4.13. The fourth-order valence-electron chi connectivity index (χ4n) is 2.52. The third kappa shape index (κ3) is 3.04. The molecule has 1 aliphatic rings. The number of nitrogens with zero attached hydrogens (tertiary/aromatic N) is 2. The van der Waals surface area contributed by atoms with Crippen LogP contribution < -0.4 is 0 Å². The molecule has 5 heteroatoms. The highest BCUT2D eigenvalue weighted by Gasteiger charge is 2.22. The lowest BCUT2D eigenvalue weighted by Crippen LogP contribution is -2.24. The van der Waals surface area contributed by atoms with Crippen LogP contribution in [0.25, 0.3) is 11.1 Å². The molecule has 1 aromatic carbocycles. The molecular weight excluding hydrogens is 307 g/mol. The number of rotatable bonds is 3. The highest BCUT2D eigenvalue weighted by atomic mass is 35.5. The zero-order chi connectivity index (χ0) is 14.8. The van der Waals surface area contributed by atoms with Crippen molar-refractivity contribution in [1.29, 1.82) is 0 Å². The number of pyridine rings is 1. The maximum absolute atomic E-state index is 11.7. The Bertz CT molecular complexity index is 650. The highest BCUT2D eigenvalue weighted by Crippen LogP contribution is 2.33. The van der Waals surface area contributed by atoms with E-state index < -0.39 is 0 Å². The minimum Gasteiger partial charge on any atom is -0.338 e. The summed E-state index contributed by atoms with van der Waals surface area (Å²) >= 11 is 12.7. The smallest absolute Gasteiger partial charge is 0.222 e. The first kappa shape index (κ1) is 14.4. The Morgan fingerprint density at radius 2 is 1.95 bits per heavy atom. The van der Waals surface area contributed by atoms with E-state index in [1.807, 2.05) is 24.3 Å². The fourth-order valence-corrected chi connectivity index (χ4v) is 3.12. The third-order valence-corrected chi connectivity index (χ3v) is 4.33. The van der Waals surface area contributed by atoms with E-state index >= 15 is 0 Å². The van der Waals surface area contributed by atoms with Crippen LogP contribution in [0.3, 0.4) is 0 Å². The molecule has 108 valence electrons. The normalized spacial score (nSPS) is 14.8. The summed E-state index contributed by atoms with van der Waals surface area (Å²) in [4.78, 5) is 17.6. The summed E-state index contributed by atoms with van der Waals surface area (Å²) in [6, 6.07) is 7.58. The molecule has 1 aromatic heterocycles. The molecule has 2 aromatic rings. The van der Waals surface area contributed by atoms with Gasteiger partial charge in [0.05, 0.1) is 0 Å². The average molecular weight is 321 g/mol. The predicted octanol–water partition coefficient (Wildman–Crippen LogP) is 4.18. The van der Waals surface area contributed by atoms with E-state index in [0.29, 0.717) is 23.0 Å². The van der Waals surface area contributed by atoms with Crippen LogP contribution in [-0.2, 0) is 11.3 Å². The number of likely N-dealkylation sites (tertiary alicyclic amines) is 1. The Morgan fingerprint density at radius 1 is 1.19 bits per heavy atom. The lowest BCUT2D eigenvalue weighted by atomic mass is 10.1. The second-order valence-electron chi connectivity index (χ2n) is 5.08. The highest BCUT2D eigenvalue weighted by molar-refractivity contribution is 6.36. The van der Waals surface area contributed by atoms with Gasteiger partial charge in [-0.25, -0.2) is 0 Å². The quantitative estimate of drug-likeness (QED) is 0.850. The molecule has 1 saturated heterocycles. The van der Waals surface area contributed by atoms with Gasteiger partial charge in [-0.05, 0) is 30.2 Å². The number of hydrogen-bond donors (Lipinski definition) is 0. The zero-order valence-electron chi connectivity index (χ0n) is 11.4. The van der Waals surface area contributed by atoms with E-state index in [2.05, 4.69) is 4.98 Å². The molecule has 0 aliphatic carbocycles. The number of aromatic nitrogens is 1. The number of hydrogen-bond acceptors (Lipinski definition) is 2. The van der Waals surface area contributed by atoms with Crippen LogP contribution in [0, 0.1) is 0 Å². The van der Waals surface area contributed by atoms with Crippen molar-refractivity contribution < 1.29 is 4.79 Å². The maximum Gasteiger partial charge on any atom is 0.222 e. The summed E-state index contributed by atoms with van der Waals surface area (Å²) in [5.74, 6) is 0.165. The van der Waals surface area contributed by atoms with Gasteiger partial charge in [-0.1, -0.05) is 29.3 Å². The molecule has 21 heavy (non-hydrogen) atoms. The summed E-state index contributed by atoms with van der Waals surface area (Å²) in [5.41, 5.74) is 2.70. The Morgan fingerprint density at radius 3 is 2.52 bits per heavy atom. The molecule has 0 spiro atoms. The van der Waals surface area contributed by atoms with Crippen LogP contribution in [0.4, 0.5) is 0 Å². The van der Waals surface area contributed by atoms with Crippen LogP contribution in [-0.4, -0.2) is 22.3 Å². The predicted molar refractivity (Wildman–Crippen MR) is 84.3 cm³/mol. The molecule has 2 heterocycles. The molecule has 0 saturated carbocycles. The minimum absolute atomic E-state index is 0.165. The van der Waals surface area contributed by atoms with Gasteiger partial charge in [-0.15, -0.1) is 0 Å². The first-order valence-corrected chi connectivity index (χ1v) is 7.57. The van der Waals surface area contributed by atoms with Crippen LogP contribution in [0.2, 0.25) is 10.0 Å². The van der Waals surface area contributed by atoms with Gasteiger partial charge in [0.25, 0.3) is 0 Å². The number of carbonyl (C=O) groups is 1. The minimum atomic E-state index is 0.165. The number of halogens is 2. The molecule has 1 fully saturated rings. The molecular formula is C16H14Cl2N2O. The van der Waals surface area contributed by atoms with Gasteiger partial charge in [-0.3, -0.25) is 9.78 Å². The summed E-state index contributed by atoms with van der Waals surface area (Å²) in [6.45, 7) is 1.25. The molecule has 1 aliphatic heterocycles. The van der Waals surface area contributed by atoms with Gasteiger partial charge in [0.15, 0.2) is 0 Å². The van der Waals surface area contributed by atoms with Crippen molar-refractivity contribution in [2.45, 2.75) is 19.4 Å². The summed E-state index contributed by atoms with van der Waals surface area (Å²) in [6.07, 6.45) is 5.01. The first-order valence-electron chi connectivity index (χ1n) is 6.81. The van der Waals surface area contributed by atoms with Crippen molar-refractivity contribution in [1.82, 2.24) is 9.88 Å². The molecule has 3 rings (SSSR count). The Labute approximate surface area is 133 Å². The molecule has 0 atom stereocenters. The van der Waals surface area contributed by atoms with Crippen molar-refractivity contribution in [2.24, 2.45) is 0 Å². The van der Waals surface area contributed by atoms with Crippen LogP contribution >= 0.6 is 23.2 Å². The van der Waals surface area contributed by atoms with E-state index in [-0.39, 0.29) is 5.91 Å². The first-order chi connectivity index (χ1) is 10.1. The largest absolute Gasteiger partial charge is 0.338 e. The van der Waals surface area contributed by atoms with Crippen molar-refractivity contribution in [3.63, 3.8) is 0 Å². The van der Waals surface area contributed by atoms with Crippen molar-refractivity contribution >= 4 is 29.1 Å². The summed E-state index contributed by atoms with van der Waals surface area (Å²) < 4.78 is 0. The standard InChI is InChI=1S/C16H14Cl2N2O/c17-14-7-12(11-3-1-5-19-9-11)8-15(18)13(14)10-20-6-2-4-16(20)21/h1,3,5,7-9H,2,4,6,10H2. The fraction of sp³-hybridized carbons (Fsp3) is 0.250. The van der Waals surface area contributed by atoms with E-state index in [9.17, 15) is 4.79 Å². The maximum atomic E-state index is 11.7. The number of amides is 1. The van der Waals surface area contributed by atoms with Gasteiger partial charge in [0.2, 0.25) is 5.91 Å². The van der Waals surface area contributed by atoms with Crippen LogP contribution in [0.5, 0.6) is 0 Å². The number of carbonyl (C=O) groups excluding carboxylic acids is 1. The lowest BCUT2D eigenvalue weighted by molar-refractivity contribution is -0.128. The lowest BCUT2D eigenvalue weighted by Gasteiger charge is -2.18. The molecule has 0 radical (unpaired) electrons. The van der Waals surface area contributed by atoms with Gasteiger partial charge in [0, 0.05) is 53.1 Å². The average Bonchev–Trinajstić information content (AvgIpc) is 2.89. The van der Waals surface area contributed by atoms with Crippen molar-refractivity contribution in [3.8, 4) is 11.1 Å². The van der Waals surface area contributed by atoms with Gasteiger partial charge < -0.3 is 4.90 Å². The number of benzene rings is 1. The van der Waals surface area contributed by atoms with E-state index in [1.54, 1.807) is 17.3 Å². The molecule has 1 amide bonds. The zero-order valence-corrected chi connectivity index (χ0v) is 12.9. The van der Waals surface area contributed by atoms with Crippen molar-refractivity contribution in [3.05, 3.63) is 52.3 Å². The van der Waals surface area contributed by atoms with E-state index in [4.69, 9.17) is 23.2 Å². The molecule has 0 N–H and O–H groups in total. The molecule has 3 nitrogen and oxygen atoms in total. The summed E-state index contributed by atoms with van der Waals surface area (Å²) in [7, 11) is 0. The van der Waals surface area contributed by atoms with Gasteiger partial charge in [-0.2, -0.15) is 0 Å². The topological polar surface area (TPSA) is 33.2 Å². The molecule has 0 unspecified atom stereocenters. The Hall–Kier alpha value is -1.58. The summed E-state index contributed by atoms with van der Waals surface area (Å²) in [5, 5.41) is 1.17. The molecule has 0 bridgehead atoms. The third-order valence-electron chi connectivity index (χ3n) is 3.66. The van der Waals surface area contributed by atoms with E-state index in [1.165, 1.54) is 0 Å². The van der Waals surface area contributed by atoms with Gasteiger partial charge in [0.1, 0.15) is 0 Å². The second-order valence-corrected chi connectivity index (χ2v) is 5.89. The van der Waals surface area contributed by atoms with Crippen LogP contribution in [0.1, 0.15) is 18.4 Å². The SMILES string of the molecule is O=C1CCCN1Cc1c(Cl)cc(-c2cccnc2)cc1Cl. The van der Waals surface area contributed by atoms with Crippen molar-refractivity contribution in [2.75, 3.05) is 6.54 Å². The van der Waals surface area contributed by atoms with Gasteiger partial charge >= 0.3 is 0 Å². The second kappa shape index (κ2) is 6.04. The monoisotopic (exact) mass is 320 g/mol. The van der Waals surface area contributed by atoms with Crippen LogP contribution in [0.15, 0.2) is 36.7 Å². The Balaban J connectivity index is 1.91. The van der Waals surface area contributed by atoms with E-state index in [0.717, 1.165) is 29.7 Å².